The predicted octanol–water partition coefficient (Wildman–Crippen LogP) is 0.363. The molecule has 1 atom stereocenters. The van der Waals surface area contributed by atoms with E-state index in [1.807, 2.05) is 0 Å². The van der Waals surface area contributed by atoms with E-state index >= 15 is 0 Å². The van der Waals surface area contributed by atoms with Crippen LogP contribution >= 0.6 is 0 Å². The Hall–Kier alpha value is -0.230. The third kappa shape index (κ3) is 6.18. The molecular weight excluding hydrogens is 176 g/mol. The van der Waals surface area contributed by atoms with Crippen molar-refractivity contribution in [3.63, 3.8) is 0 Å². The fraction of sp³-hybridized carbons (Fsp3) is 1.00. The summed E-state index contributed by atoms with van der Waals surface area (Å²) in [4.78, 5) is 0. The first kappa shape index (κ1) is 10.8. The van der Waals surface area contributed by atoms with Gasteiger partial charge >= 0.3 is 10.2 Å². The minimum atomic E-state index is -4.60. The number of nitrogens with two attached hydrogens (primary N) is 1. The normalized spacial score (nSPS) is 17.8. The lowest BCUT2D eigenvalue weighted by atomic mass is 10.0. The second-order valence-corrected chi connectivity index (χ2v) is 4.14. The van der Waals surface area contributed by atoms with Crippen LogP contribution in [-0.4, -0.2) is 26.4 Å². The van der Waals surface area contributed by atoms with Crippen LogP contribution in [-0.2, 0) is 10.2 Å². The summed E-state index contributed by atoms with van der Waals surface area (Å²) in [5.74, 6) is -0.829. The zero-order valence-corrected chi connectivity index (χ0v) is 7.00. The summed E-state index contributed by atoms with van der Waals surface area (Å²) in [7, 11) is -4.60. The van der Waals surface area contributed by atoms with Crippen LogP contribution in [0.4, 0.5) is 8.28 Å². The van der Waals surface area contributed by atoms with Crippen LogP contribution in [0.1, 0.15) is 13.3 Å². The zero-order chi connectivity index (χ0) is 9.12. The topological polar surface area (TPSA) is 60.2 Å². The van der Waals surface area contributed by atoms with Crippen molar-refractivity contribution in [3.05, 3.63) is 0 Å². The summed E-state index contributed by atoms with van der Waals surface area (Å²) >= 11 is 0. The van der Waals surface area contributed by atoms with Crippen molar-refractivity contribution in [3.8, 4) is 0 Å². The van der Waals surface area contributed by atoms with E-state index in [1.165, 1.54) is 6.92 Å². The quantitative estimate of drug-likeness (QED) is 0.646. The molecule has 0 aromatic heterocycles. The average Bonchev–Trinajstić information content (AvgIpc) is 1.55. The van der Waals surface area contributed by atoms with E-state index in [4.69, 9.17) is 5.73 Å². The van der Waals surface area contributed by atoms with Crippen molar-refractivity contribution in [2.24, 2.45) is 5.73 Å². The summed E-state index contributed by atoms with van der Waals surface area (Å²) < 4.78 is 43.7. The van der Waals surface area contributed by atoms with Crippen LogP contribution in [0.3, 0.4) is 0 Å². The lowest BCUT2D eigenvalue weighted by Crippen LogP contribution is -2.42. The first-order valence-electron chi connectivity index (χ1n) is 3.04. The molecule has 2 N–H and O–H groups in total. The first-order chi connectivity index (χ1) is 4.77. The summed E-state index contributed by atoms with van der Waals surface area (Å²) in [6, 6.07) is 0. The first-order valence-corrected chi connectivity index (χ1v) is 4.59. The zero-order valence-electron chi connectivity index (χ0n) is 6.18. The van der Waals surface area contributed by atoms with Crippen LogP contribution in [0.5, 0.6) is 0 Å². The Labute approximate surface area is 64.8 Å². The van der Waals surface area contributed by atoms with Crippen molar-refractivity contribution in [2.75, 3.05) is 12.4 Å². The van der Waals surface area contributed by atoms with E-state index in [-0.39, 0.29) is 6.42 Å². The molecule has 0 bridgehead atoms. The van der Waals surface area contributed by atoms with Gasteiger partial charge in [-0.05, 0) is 13.3 Å². The highest BCUT2D eigenvalue weighted by Crippen LogP contribution is 2.10. The van der Waals surface area contributed by atoms with E-state index in [0.717, 1.165) is 0 Å². The molecule has 0 aliphatic carbocycles. The third-order valence-corrected chi connectivity index (χ3v) is 2.17. The maximum atomic E-state index is 12.0. The molecular formula is C5H11F2NO2S. The molecule has 0 heterocycles. The highest BCUT2D eigenvalue weighted by molar-refractivity contribution is 7.86. The molecule has 0 aromatic carbocycles. The number of halogens is 2. The molecule has 0 radical (unpaired) electrons. The molecule has 0 aromatic rings. The highest BCUT2D eigenvalue weighted by atomic mass is 32.3. The van der Waals surface area contributed by atoms with Crippen LogP contribution in [0.15, 0.2) is 0 Å². The smallest absolute Gasteiger partial charge is 0.304 e. The molecule has 68 valence electrons. The number of hydrogen-bond donors (Lipinski definition) is 1. The molecule has 1 unspecified atom stereocenters. The van der Waals surface area contributed by atoms with Crippen LogP contribution in [0.25, 0.3) is 0 Å². The molecule has 0 spiro atoms. The molecule has 0 saturated carbocycles. The second kappa shape index (κ2) is 3.44. The SMILES string of the molecule is CC(N)(CCF)CS(=O)(=O)F. The highest BCUT2D eigenvalue weighted by Gasteiger charge is 2.25. The minimum Gasteiger partial charge on any atom is -0.324 e. The predicted molar refractivity (Wildman–Crippen MR) is 38.1 cm³/mol. The summed E-state index contributed by atoms with van der Waals surface area (Å²) in [5.41, 5.74) is 3.95. The standard InChI is InChI=1S/C5H11F2NO2S/c1-5(8,2-3-6)4-11(7,9)10/h2-4,8H2,1H3. The molecule has 0 rings (SSSR count). The largest absolute Gasteiger partial charge is 0.324 e. The van der Waals surface area contributed by atoms with Gasteiger partial charge in [0.2, 0.25) is 0 Å². The fourth-order valence-electron chi connectivity index (χ4n) is 0.682. The minimum absolute atomic E-state index is 0.157. The lowest BCUT2D eigenvalue weighted by Gasteiger charge is -2.19. The monoisotopic (exact) mass is 187 g/mol. The Morgan fingerprint density at radius 2 is 2.00 bits per heavy atom. The fourth-order valence-corrected chi connectivity index (χ4v) is 1.61. The van der Waals surface area contributed by atoms with Crippen molar-refractivity contribution >= 4 is 10.2 Å². The molecule has 0 saturated heterocycles. The molecule has 6 heteroatoms. The molecule has 3 nitrogen and oxygen atoms in total. The van der Waals surface area contributed by atoms with Crippen molar-refractivity contribution in [2.45, 2.75) is 18.9 Å². The summed E-state index contributed by atoms with van der Waals surface area (Å²) in [6.45, 7) is 0.548. The van der Waals surface area contributed by atoms with Gasteiger partial charge in [-0.15, -0.1) is 3.89 Å². The van der Waals surface area contributed by atoms with Crippen LogP contribution in [0.2, 0.25) is 0 Å². The van der Waals surface area contributed by atoms with Gasteiger partial charge in [-0.3, -0.25) is 4.39 Å². The van der Waals surface area contributed by atoms with Gasteiger partial charge in [-0.25, -0.2) is 0 Å². The van der Waals surface area contributed by atoms with Crippen molar-refractivity contribution < 1.29 is 16.7 Å². The molecule has 0 amide bonds. The van der Waals surface area contributed by atoms with Gasteiger partial charge in [0.05, 0.1) is 12.4 Å². The Morgan fingerprint density at radius 3 is 2.27 bits per heavy atom. The number of rotatable bonds is 4. The van der Waals surface area contributed by atoms with E-state index in [0.29, 0.717) is 0 Å². The van der Waals surface area contributed by atoms with Gasteiger partial charge in [0, 0.05) is 5.54 Å². The molecule has 0 fully saturated rings. The van der Waals surface area contributed by atoms with Gasteiger partial charge in [0.1, 0.15) is 0 Å². The third-order valence-electron chi connectivity index (χ3n) is 1.17. The maximum absolute atomic E-state index is 12.0. The van der Waals surface area contributed by atoms with Gasteiger partial charge in [0.15, 0.2) is 0 Å². The van der Waals surface area contributed by atoms with Crippen molar-refractivity contribution in [1.29, 1.82) is 0 Å². The lowest BCUT2D eigenvalue weighted by molar-refractivity contribution is 0.376. The molecule has 0 aliphatic rings. The van der Waals surface area contributed by atoms with E-state index in [9.17, 15) is 16.7 Å². The maximum Gasteiger partial charge on any atom is 0.304 e. The van der Waals surface area contributed by atoms with Gasteiger partial charge < -0.3 is 5.73 Å². The Kier molecular flexibility index (Phi) is 3.37. The Balaban J connectivity index is 4.13. The Morgan fingerprint density at radius 1 is 1.55 bits per heavy atom. The van der Waals surface area contributed by atoms with E-state index < -0.39 is 28.2 Å². The van der Waals surface area contributed by atoms with Gasteiger partial charge in [0.25, 0.3) is 0 Å². The van der Waals surface area contributed by atoms with Gasteiger partial charge in [-0.2, -0.15) is 8.42 Å². The molecule has 0 aliphatic heterocycles. The Bertz CT molecular complexity index is 213. The summed E-state index contributed by atoms with van der Waals surface area (Å²) in [5, 5.41) is 0. The van der Waals surface area contributed by atoms with Gasteiger partial charge in [-0.1, -0.05) is 0 Å². The second-order valence-electron chi connectivity index (χ2n) is 2.78. The number of hydrogen-bond acceptors (Lipinski definition) is 3. The summed E-state index contributed by atoms with van der Waals surface area (Å²) in [6.07, 6.45) is -0.157. The van der Waals surface area contributed by atoms with E-state index in [1.54, 1.807) is 0 Å². The van der Waals surface area contributed by atoms with Crippen LogP contribution in [0, 0.1) is 0 Å². The van der Waals surface area contributed by atoms with Crippen molar-refractivity contribution in [1.82, 2.24) is 0 Å². The van der Waals surface area contributed by atoms with Crippen LogP contribution < -0.4 is 5.73 Å². The average molecular weight is 187 g/mol. The number of alkyl halides is 1. The van der Waals surface area contributed by atoms with E-state index in [2.05, 4.69) is 0 Å². The molecule has 11 heavy (non-hydrogen) atoms.